The molecule has 0 atom stereocenters. The van der Waals surface area contributed by atoms with E-state index in [9.17, 15) is 108 Å². The Kier molecular flexibility index (Phi) is 23.2. The van der Waals surface area contributed by atoms with Gasteiger partial charge in [-0.05, 0) is 120 Å². The SMILES string of the molecule is Cc1cc(N=Nc2c(S(=O)(=O)O)cc3ccc(N=Nc4c(N(CCO)CCO)ccc5c(O)c(N=Nc6ccc7c(O)c(N=Nc8ccc([N+](=O)[O-])cc8S(=O)(=O)O)c(SOOO)cc7c6)c(SOOO)cc45)cc3c2O)c(OCC(=O)O)cc1N=Nc1cc(S(=O)(=O)O)cc2cc(S(=O)(=O)O)cc(O)c12. The molecule has 0 radical (unpaired) electrons. The van der Waals surface area contributed by atoms with E-state index in [1.54, 1.807) is 0 Å². The monoisotopic (exact) mass is 1580 g/mol. The van der Waals surface area contributed by atoms with Crippen LogP contribution >= 0.6 is 24.1 Å². The highest BCUT2D eigenvalue weighted by Gasteiger charge is 2.28. The number of rotatable bonds is 29. The number of phenolic OH excluding ortho intramolecular Hbond substituents is 4. The fourth-order valence-electron chi connectivity index (χ4n) is 10.2. The highest BCUT2D eigenvalue weighted by Crippen LogP contribution is 2.52. The Balaban J connectivity index is 1.03. The molecule has 0 aromatic heterocycles. The number of ether oxygens (including phenoxy) is 1. The van der Waals surface area contributed by atoms with E-state index in [1.165, 1.54) is 72.5 Å². The number of nitrogens with zero attached hydrogens (tertiary/aromatic N) is 12. The van der Waals surface area contributed by atoms with Gasteiger partial charge in [-0.3, -0.25) is 28.3 Å². The number of aliphatic carboxylic acids is 1. The third kappa shape index (κ3) is 17.3. The molecule has 0 spiro atoms. The van der Waals surface area contributed by atoms with Crippen molar-refractivity contribution in [1.82, 2.24) is 0 Å². The summed E-state index contributed by atoms with van der Waals surface area (Å²) in [7, 11) is -20.5. The first-order valence-corrected chi connectivity index (χ1v) is 36.1. The molecule has 47 heteroatoms. The Hall–Kier alpha value is -11.1. The fraction of sp³-hybridized carbons (Fsp3) is 0.102. The van der Waals surface area contributed by atoms with Crippen LogP contribution in [0.4, 0.5) is 68.2 Å². The van der Waals surface area contributed by atoms with Crippen LogP contribution in [0.1, 0.15) is 5.56 Å². The summed E-state index contributed by atoms with van der Waals surface area (Å²) in [5.41, 5.74) is -4.02. The van der Waals surface area contributed by atoms with Crippen LogP contribution in [0.2, 0.25) is 0 Å². The molecule has 0 saturated carbocycles. The summed E-state index contributed by atoms with van der Waals surface area (Å²) in [5.74, 6) is -5.07. The molecule has 0 aliphatic rings. The number of aromatic hydroxyl groups is 4. The largest absolute Gasteiger partial charge is 0.507 e. The van der Waals surface area contributed by atoms with E-state index in [-0.39, 0.29) is 135 Å². The first kappa shape index (κ1) is 77.5. The number of hydrogen-bond donors (Lipinski definition) is 13. The lowest BCUT2D eigenvalue weighted by molar-refractivity contribution is -0.432. The molecule has 0 aliphatic heterocycles. The number of carboxylic acid groups (broad SMARTS) is 1. The number of hydrogen-bond acceptors (Lipinski definition) is 37. The molecule has 0 bridgehead atoms. The summed E-state index contributed by atoms with van der Waals surface area (Å²) in [6, 6.07) is 21.4. The van der Waals surface area contributed by atoms with Crippen LogP contribution in [0.15, 0.2) is 202 Å². The summed E-state index contributed by atoms with van der Waals surface area (Å²) < 4.78 is 153. The van der Waals surface area contributed by atoms with E-state index in [2.05, 4.69) is 65.6 Å². The van der Waals surface area contributed by atoms with Gasteiger partial charge in [-0.25, -0.2) is 15.3 Å². The number of anilines is 1. The number of phenols is 4. The Labute approximate surface area is 600 Å². The predicted molar refractivity (Wildman–Crippen MR) is 368 cm³/mol. The minimum Gasteiger partial charge on any atom is -0.507 e. The number of azo groups is 5. The second-order valence-electron chi connectivity index (χ2n) is 21.5. The maximum atomic E-state index is 13.0. The van der Waals surface area contributed by atoms with Crippen molar-refractivity contribution in [3.05, 3.63) is 137 Å². The van der Waals surface area contributed by atoms with Crippen molar-refractivity contribution in [2.45, 2.75) is 36.3 Å². The molecule has 10 aromatic carbocycles. The van der Waals surface area contributed by atoms with Gasteiger partial charge in [0.1, 0.15) is 55.4 Å². The van der Waals surface area contributed by atoms with Crippen molar-refractivity contribution >= 4 is 182 Å². The first-order chi connectivity index (χ1) is 50.1. The summed E-state index contributed by atoms with van der Waals surface area (Å²) >= 11 is 0.553. The van der Waals surface area contributed by atoms with Crippen LogP contribution in [0.25, 0.3) is 43.1 Å². The summed E-state index contributed by atoms with van der Waals surface area (Å²) in [6.07, 6.45) is 0. The van der Waals surface area contributed by atoms with Gasteiger partial charge in [-0.1, -0.05) is 16.1 Å². The third-order valence-corrected chi connectivity index (χ3v) is 19.5. The zero-order valence-corrected chi connectivity index (χ0v) is 57.6. The first-order valence-electron chi connectivity index (χ1n) is 28.9. The van der Waals surface area contributed by atoms with Gasteiger partial charge in [0.05, 0.1) is 95.6 Å². The fourth-order valence-corrected chi connectivity index (χ4v) is 13.5. The Morgan fingerprint density at radius 1 is 0.500 bits per heavy atom. The predicted octanol–water partition coefficient (Wildman–Crippen LogP) is 13.5. The Morgan fingerprint density at radius 3 is 1.66 bits per heavy atom. The Morgan fingerprint density at radius 2 is 1.05 bits per heavy atom. The van der Waals surface area contributed by atoms with Crippen LogP contribution in [0.5, 0.6) is 28.7 Å². The lowest BCUT2D eigenvalue weighted by atomic mass is 10.0. The molecule has 0 aliphatic carbocycles. The van der Waals surface area contributed by atoms with Gasteiger partial charge in [-0.2, -0.15) is 49.0 Å². The van der Waals surface area contributed by atoms with E-state index in [4.69, 9.17) is 14.3 Å². The molecule has 0 unspecified atom stereocenters. The number of aryl methyl sites for hydroxylation is 1. The van der Waals surface area contributed by atoms with E-state index < -0.39 is 148 Å². The molecule has 0 heterocycles. The van der Waals surface area contributed by atoms with Crippen molar-refractivity contribution in [1.29, 1.82) is 0 Å². The smallest absolute Gasteiger partial charge is 0.341 e. The quantitative estimate of drug-likeness (QED) is 0.00517. The molecule has 0 fully saturated rings. The van der Waals surface area contributed by atoms with Gasteiger partial charge in [0.25, 0.3) is 46.2 Å². The van der Waals surface area contributed by atoms with E-state index in [0.717, 1.165) is 48.5 Å². The number of fused-ring (bicyclic) bond motifs is 4. The van der Waals surface area contributed by atoms with Gasteiger partial charge in [0, 0.05) is 58.9 Å². The molecule has 10 rings (SSSR count). The highest BCUT2D eigenvalue weighted by molar-refractivity contribution is 7.95. The maximum Gasteiger partial charge on any atom is 0.341 e. The standard InChI is InChI=1S/C59H46N12O29S6/c1-27-14-42(46(96-26-51(75)76)25-41(27)63-65-43-22-34(103(84,85)86)16-30-17-35(104(87,88)89)23-45(74)52(30)43)64-69-56-50(106(93,94)95)19-28-2-3-32(20-38(28)59(56)79)61-66-53-39-24-48(102-100-98-83)55(58(78)37(39)7-9-44(53)70(10-12-72)11-13-73)67-60-31-4-6-36-29(15-31)18-47(101-99-97-82)54(57(36)77)68-62-40-8-5-33(71(80)81)21-49(40)105(90,91)92/h2-9,14-25,72-74,77-79,82-83H,10-13,26H2,1H3,(H,75,76)(H,84,85,86)(H,87,88,89)(H,90,91,92)(H,93,94,95). The average Bonchev–Trinajstić information content (AvgIpc) is 0.767. The lowest BCUT2D eigenvalue weighted by Crippen LogP contribution is -2.29. The number of aliphatic hydroxyl groups excluding tert-OH is 2. The summed E-state index contributed by atoms with van der Waals surface area (Å²) in [5, 5.41) is 154. The minimum atomic E-state index is -5.31. The van der Waals surface area contributed by atoms with Crippen LogP contribution < -0.4 is 9.64 Å². The van der Waals surface area contributed by atoms with Crippen LogP contribution in [0, 0.1) is 17.0 Å². The number of benzene rings is 10. The van der Waals surface area contributed by atoms with Gasteiger partial charge < -0.3 is 45.4 Å². The van der Waals surface area contributed by atoms with Crippen molar-refractivity contribution in [2.24, 2.45) is 51.1 Å². The van der Waals surface area contributed by atoms with Gasteiger partial charge in [-0.15, -0.1) is 44.5 Å². The second kappa shape index (κ2) is 31.7. The minimum absolute atomic E-state index is 0.00681. The van der Waals surface area contributed by atoms with Gasteiger partial charge in [0.15, 0.2) is 23.9 Å². The molecule has 10 aromatic rings. The molecule has 0 amide bonds. The Bertz CT molecular complexity index is 5910. The molecule has 0 saturated heterocycles. The van der Waals surface area contributed by atoms with Crippen LogP contribution in [0.3, 0.4) is 0 Å². The van der Waals surface area contributed by atoms with Gasteiger partial charge in [0.2, 0.25) is 0 Å². The number of nitro benzene ring substituents is 1. The molecule has 13 N–H and O–H groups in total. The molecule has 41 nitrogen and oxygen atoms in total. The maximum absolute atomic E-state index is 13.0. The topological polar surface area (TPSA) is 633 Å². The van der Waals surface area contributed by atoms with E-state index >= 15 is 0 Å². The number of non-ortho nitro benzene ring substituents is 1. The molecule has 552 valence electrons. The number of nitro groups is 1. The van der Waals surface area contributed by atoms with Gasteiger partial charge >= 0.3 is 5.97 Å². The number of carbonyl (C=O) groups is 1. The normalized spacial score (nSPS) is 12.7. The van der Waals surface area contributed by atoms with Crippen molar-refractivity contribution in [2.75, 3.05) is 37.8 Å². The number of carboxylic acids is 1. The number of aliphatic hydroxyl groups is 2. The average molecular weight is 1580 g/mol. The van der Waals surface area contributed by atoms with Crippen molar-refractivity contribution in [3.63, 3.8) is 0 Å². The second-order valence-corrected chi connectivity index (χ2v) is 28.6. The molecular weight excluding hydrogens is 1530 g/mol. The molecular formula is C59H46N12O29S6. The molecule has 106 heavy (non-hydrogen) atoms. The van der Waals surface area contributed by atoms with E-state index in [1.807, 2.05) is 0 Å². The highest BCUT2D eigenvalue weighted by atomic mass is 32.2. The summed E-state index contributed by atoms with van der Waals surface area (Å²) in [6.45, 7) is -0.878. The third-order valence-electron chi connectivity index (χ3n) is 14.8. The van der Waals surface area contributed by atoms with Crippen molar-refractivity contribution in [3.8, 4) is 28.7 Å². The van der Waals surface area contributed by atoms with Crippen LogP contribution in [-0.4, -0.2) is 142 Å². The zero-order chi connectivity index (χ0) is 76.9. The van der Waals surface area contributed by atoms with Crippen molar-refractivity contribution < 1.29 is 131 Å². The lowest BCUT2D eigenvalue weighted by Gasteiger charge is -2.25. The summed E-state index contributed by atoms with van der Waals surface area (Å²) in [4.78, 5) is 19.6. The van der Waals surface area contributed by atoms with Crippen LogP contribution in [-0.2, 0) is 64.0 Å². The zero-order valence-electron chi connectivity index (χ0n) is 52.7. The van der Waals surface area contributed by atoms with E-state index in [0.29, 0.717) is 12.1 Å².